The molecule has 4 rings (SSSR count). The van der Waals surface area contributed by atoms with Crippen molar-refractivity contribution in [2.75, 3.05) is 16.8 Å². The lowest BCUT2D eigenvalue weighted by Gasteiger charge is -2.26. The van der Waals surface area contributed by atoms with Crippen molar-refractivity contribution >= 4 is 75.1 Å². The number of benzene rings is 3. The molecule has 35 heavy (non-hydrogen) atoms. The maximum absolute atomic E-state index is 11.2. The van der Waals surface area contributed by atoms with Gasteiger partial charge in [0, 0.05) is 17.6 Å². The molecule has 0 unspecified atom stereocenters. The van der Waals surface area contributed by atoms with Crippen LogP contribution in [-0.4, -0.2) is 26.4 Å². The summed E-state index contributed by atoms with van der Waals surface area (Å²) in [4.78, 5) is 1.66. The Hall–Kier alpha value is -2.61. The summed E-state index contributed by atoms with van der Waals surface area (Å²) in [6.45, 7) is 0.376. The Kier molecular flexibility index (Phi) is 7.99. The Morgan fingerprint density at radius 1 is 0.857 bits per heavy atom. The van der Waals surface area contributed by atoms with Crippen molar-refractivity contribution in [3.8, 4) is 17.4 Å². The number of nitrogens with one attached hydrogen (secondary N) is 1. The van der Waals surface area contributed by atoms with Crippen molar-refractivity contribution in [1.29, 1.82) is 0 Å². The van der Waals surface area contributed by atoms with Gasteiger partial charge in [0.05, 0.1) is 26.4 Å². The topological polar surface area (TPSA) is 60.7 Å². The third kappa shape index (κ3) is 5.63. The average molecular weight is 567 g/mol. The van der Waals surface area contributed by atoms with Crippen LogP contribution >= 0.6 is 58.6 Å². The highest BCUT2D eigenvalue weighted by Gasteiger charge is 2.25. The van der Waals surface area contributed by atoms with E-state index in [-0.39, 0.29) is 38.3 Å². The lowest BCUT2D eigenvalue weighted by molar-refractivity contribution is 0.403. The highest BCUT2D eigenvalue weighted by molar-refractivity contribution is 7.80. The van der Waals surface area contributed by atoms with E-state index >= 15 is 0 Å². The third-order valence-corrected chi connectivity index (χ3v) is 6.77. The molecular formula is C25H19Cl4N3O2S. The van der Waals surface area contributed by atoms with Gasteiger partial charge >= 0.3 is 0 Å². The molecule has 0 aliphatic rings. The molecule has 5 nitrogen and oxygen atoms in total. The van der Waals surface area contributed by atoms with Crippen molar-refractivity contribution in [2.45, 2.75) is 6.42 Å². The molecule has 0 aliphatic heterocycles. The molecule has 0 bridgehead atoms. The zero-order valence-electron chi connectivity index (χ0n) is 18.1. The van der Waals surface area contributed by atoms with E-state index in [1.807, 2.05) is 30.3 Å². The Balaban J connectivity index is 1.75. The molecule has 0 saturated carbocycles. The summed E-state index contributed by atoms with van der Waals surface area (Å²) in [6.07, 6.45) is 0.601. The second kappa shape index (κ2) is 11.0. The van der Waals surface area contributed by atoms with E-state index in [0.29, 0.717) is 28.7 Å². The van der Waals surface area contributed by atoms with Crippen LogP contribution in [0.5, 0.6) is 11.8 Å². The molecule has 3 N–H and O–H groups in total. The highest BCUT2D eigenvalue weighted by Crippen LogP contribution is 2.42. The first-order chi connectivity index (χ1) is 16.8. The second-order valence-corrected chi connectivity index (χ2v) is 9.60. The van der Waals surface area contributed by atoms with Gasteiger partial charge in [-0.05, 0) is 54.5 Å². The Labute approximate surface area is 228 Å². The smallest absolute Gasteiger partial charge is 0.223 e. The molecular weight excluding hydrogens is 548 g/mol. The average Bonchev–Trinajstić information content (AvgIpc) is 3.11. The van der Waals surface area contributed by atoms with Gasteiger partial charge in [-0.2, -0.15) is 0 Å². The molecule has 0 saturated heterocycles. The molecule has 180 valence electrons. The molecule has 10 heteroatoms. The fourth-order valence-electron chi connectivity index (χ4n) is 3.59. The highest BCUT2D eigenvalue weighted by atomic mass is 35.5. The number of aromatic nitrogens is 1. The van der Waals surface area contributed by atoms with Crippen molar-refractivity contribution in [2.24, 2.45) is 0 Å². The Morgan fingerprint density at radius 3 is 2.23 bits per heavy atom. The monoisotopic (exact) mass is 565 g/mol. The molecule has 3 aromatic carbocycles. The normalized spacial score (nSPS) is 10.9. The number of nitrogens with zero attached hydrogens (tertiary/aromatic N) is 2. The van der Waals surface area contributed by atoms with Gasteiger partial charge in [-0.3, -0.25) is 0 Å². The number of thiocarbonyl (C=S) groups is 1. The Bertz CT molecular complexity index is 1360. The van der Waals surface area contributed by atoms with Crippen LogP contribution in [-0.2, 0) is 6.42 Å². The minimum atomic E-state index is -0.285. The van der Waals surface area contributed by atoms with E-state index in [2.05, 4.69) is 5.32 Å². The van der Waals surface area contributed by atoms with E-state index in [0.717, 1.165) is 5.56 Å². The molecule has 0 atom stereocenters. The van der Waals surface area contributed by atoms with Crippen LogP contribution < -0.4 is 10.2 Å². The summed E-state index contributed by atoms with van der Waals surface area (Å²) in [5.74, 6) is -0.548. The Morgan fingerprint density at radius 2 is 1.54 bits per heavy atom. The fourth-order valence-corrected chi connectivity index (χ4v) is 4.79. The summed E-state index contributed by atoms with van der Waals surface area (Å²) in [5, 5.41) is 26.7. The van der Waals surface area contributed by atoms with Crippen LogP contribution in [0.25, 0.3) is 5.69 Å². The van der Waals surface area contributed by atoms with Crippen LogP contribution in [0.4, 0.5) is 11.4 Å². The van der Waals surface area contributed by atoms with Gasteiger partial charge in [-0.1, -0.05) is 82.8 Å². The number of halogens is 4. The molecule has 4 aromatic rings. The van der Waals surface area contributed by atoms with Crippen LogP contribution in [0.15, 0.2) is 72.8 Å². The van der Waals surface area contributed by atoms with Gasteiger partial charge in [0.15, 0.2) is 5.11 Å². The van der Waals surface area contributed by atoms with E-state index in [9.17, 15) is 10.2 Å². The number of hydrogen-bond acceptors (Lipinski definition) is 3. The van der Waals surface area contributed by atoms with Gasteiger partial charge in [0.1, 0.15) is 5.69 Å². The molecule has 0 fully saturated rings. The van der Waals surface area contributed by atoms with E-state index in [1.54, 1.807) is 41.3 Å². The maximum Gasteiger partial charge on any atom is 0.223 e. The largest absolute Gasteiger partial charge is 0.494 e. The van der Waals surface area contributed by atoms with Crippen molar-refractivity contribution in [3.63, 3.8) is 0 Å². The van der Waals surface area contributed by atoms with Crippen LogP contribution in [0.3, 0.4) is 0 Å². The maximum atomic E-state index is 11.2. The first-order valence-electron chi connectivity index (χ1n) is 10.4. The minimum Gasteiger partial charge on any atom is -0.494 e. The number of hydrogen-bond donors (Lipinski definition) is 3. The van der Waals surface area contributed by atoms with Gasteiger partial charge in [-0.15, -0.1) is 0 Å². The van der Waals surface area contributed by atoms with Gasteiger partial charge in [-0.25, -0.2) is 4.57 Å². The summed E-state index contributed by atoms with van der Waals surface area (Å²) < 4.78 is 1.17. The van der Waals surface area contributed by atoms with E-state index in [4.69, 9.17) is 58.6 Å². The number of rotatable bonds is 6. The number of aromatic hydroxyl groups is 2. The molecule has 1 heterocycles. The quantitative estimate of drug-likeness (QED) is 0.207. The number of anilines is 2. The van der Waals surface area contributed by atoms with E-state index in [1.165, 1.54) is 10.6 Å². The first-order valence-corrected chi connectivity index (χ1v) is 12.3. The molecule has 0 spiro atoms. The summed E-state index contributed by atoms with van der Waals surface area (Å²) in [5.41, 5.74) is 2.08. The predicted molar refractivity (Wildman–Crippen MR) is 149 cm³/mol. The predicted octanol–water partition coefficient (Wildman–Crippen LogP) is 7.95. The molecule has 1 aromatic heterocycles. The molecule has 0 amide bonds. The van der Waals surface area contributed by atoms with Crippen LogP contribution in [0.1, 0.15) is 5.56 Å². The zero-order chi connectivity index (χ0) is 25.1. The SMILES string of the molecule is Oc1cc(N(CCc2ccccc2)C(=S)Nc2cc(Cl)ccc2Cl)c(O)n1-c1c(Cl)cccc1Cl. The molecule has 0 aliphatic carbocycles. The summed E-state index contributed by atoms with van der Waals surface area (Å²) in [6, 6.07) is 21.1. The van der Waals surface area contributed by atoms with Crippen LogP contribution in [0.2, 0.25) is 20.1 Å². The van der Waals surface area contributed by atoms with Crippen LogP contribution in [0, 0.1) is 0 Å². The standard InChI is InChI=1S/C25H19Cl4N3O2S/c26-16-9-10-17(27)20(13-16)30-25(35)31(12-11-15-5-2-1-3-6-15)21-14-22(33)32(24(21)34)23-18(28)7-4-8-19(23)29/h1-10,13-14,33-34H,11-12H2,(H,30,35). The number of para-hydroxylation sites is 1. The minimum absolute atomic E-state index is 0.239. The van der Waals surface area contributed by atoms with Crippen molar-refractivity contribution in [1.82, 2.24) is 4.57 Å². The van der Waals surface area contributed by atoms with E-state index < -0.39 is 0 Å². The van der Waals surface area contributed by atoms with Crippen molar-refractivity contribution < 1.29 is 10.2 Å². The van der Waals surface area contributed by atoms with Crippen molar-refractivity contribution in [3.05, 3.63) is 98.5 Å². The fraction of sp³-hybridized carbons (Fsp3) is 0.0800. The first kappa shape index (κ1) is 25.5. The lowest BCUT2D eigenvalue weighted by atomic mass is 10.1. The zero-order valence-corrected chi connectivity index (χ0v) is 21.9. The summed E-state index contributed by atoms with van der Waals surface area (Å²) >= 11 is 30.8. The third-order valence-electron chi connectivity index (χ3n) is 5.27. The summed E-state index contributed by atoms with van der Waals surface area (Å²) in [7, 11) is 0. The second-order valence-electron chi connectivity index (χ2n) is 7.56. The lowest BCUT2D eigenvalue weighted by Crippen LogP contribution is -2.36. The van der Waals surface area contributed by atoms with Gasteiger partial charge in [0.25, 0.3) is 0 Å². The van der Waals surface area contributed by atoms with Gasteiger partial charge < -0.3 is 20.4 Å². The van der Waals surface area contributed by atoms with Gasteiger partial charge in [0.2, 0.25) is 11.8 Å². The molecule has 0 radical (unpaired) electrons.